The first-order valence-corrected chi connectivity index (χ1v) is 17.5. The summed E-state index contributed by atoms with van der Waals surface area (Å²) in [6.45, 7) is 13.6. The summed E-state index contributed by atoms with van der Waals surface area (Å²) in [5, 5.41) is 20.5. The van der Waals surface area contributed by atoms with Crippen LogP contribution in [0.5, 0.6) is 11.5 Å². The van der Waals surface area contributed by atoms with Gasteiger partial charge in [0.05, 0.1) is 10.8 Å². The first-order valence-electron chi connectivity index (χ1n) is 17.5. The van der Waals surface area contributed by atoms with Gasteiger partial charge >= 0.3 is 0 Å². The molecule has 4 aromatic heterocycles. The van der Waals surface area contributed by atoms with Gasteiger partial charge in [-0.3, -0.25) is 0 Å². The van der Waals surface area contributed by atoms with E-state index in [9.17, 15) is 10.2 Å². The predicted octanol–water partition coefficient (Wildman–Crippen LogP) is 9.64. The van der Waals surface area contributed by atoms with Crippen molar-refractivity contribution in [3.63, 3.8) is 0 Å². The average Bonchev–Trinajstić information content (AvgIpc) is 3.94. The van der Waals surface area contributed by atoms with Crippen LogP contribution in [0.1, 0.15) is 124 Å². The zero-order valence-corrected chi connectivity index (χ0v) is 29.0. The highest BCUT2D eigenvalue weighted by Gasteiger charge is 2.43. The molecular formula is C42H48N4O2. The van der Waals surface area contributed by atoms with Crippen molar-refractivity contribution in [2.24, 2.45) is 0 Å². The highest BCUT2D eigenvalue weighted by molar-refractivity contribution is 5.52. The second-order valence-corrected chi connectivity index (χ2v) is 14.1. The van der Waals surface area contributed by atoms with E-state index in [-0.39, 0.29) is 22.3 Å². The van der Waals surface area contributed by atoms with Crippen LogP contribution in [0.3, 0.4) is 0 Å². The van der Waals surface area contributed by atoms with Gasteiger partial charge in [0.2, 0.25) is 0 Å². The van der Waals surface area contributed by atoms with E-state index in [2.05, 4.69) is 110 Å². The van der Waals surface area contributed by atoms with Crippen LogP contribution in [0, 0.1) is 0 Å². The van der Waals surface area contributed by atoms with Gasteiger partial charge in [0, 0.05) is 56.4 Å². The van der Waals surface area contributed by atoms with Gasteiger partial charge in [0.15, 0.2) is 0 Å². The molecule has 6 aromatic rings. The van der Waals surface area contributed by atoms with Crippen molar-refractivity contribution >= 4 is 0 Å². The van der Waals surface area contributed by atoms with Crippen LogP contribution in [0.15, 0.2) is 97.1 Å². The molecule has 0 spiro atoms. The number of fused-ring (bicyclic) bond motifs is 8. The number of hydrogen-bond donors (Lipinski definition) is 6. The fraction of sp³-hybridized carbons (Fsp3) is 0.333. The van der Waals surface area contributed by atoms with Crippen molar-refractivity contribution in [2.75, 3.05) is 0 Å². The molecule has 5 heterocycles. The molecule has 248 valence electrons. The molecular weight excluding hydrogens is 592 g/mol. The molecule has 0 atom stereocenters. The molecule has 1 aliphatic rings. The van der Waals surface area contributed by atoms with Gasteiger partial charge in [0.25, 0.3) is 0 Å². The predicted molar refractivity (Wildman–Crippen MR) is 193 cm³/mol. The van der Waals surface area contributed by atoms with Gasteiger partial charge in [-0.25, -0.2) is 0 Å². The maximum Gasteiger partial charge on any atom is 0.115 e. The zero-order valence-electron chi connectivity index (χ0n) is 29.0. The Bertz CT molecular complexity index is 1790. The summed E-state index contributed by atoms with van der Waals surface area (Å²) in [5.41, 5.74) is 9.61. The molecule has 0 radical (unpaired) electrons. The Hall–Kier alpha value is -4.84. The lowest BCUT2D eigenvalue weighted by Gasteiger charge is -2.34. The smallest absolute Gasteiger partial charge is 0.115 e. The second kappa shape index (κ2) is 11.4. The molecule has 2 aromatic carbocycles. The first-order chi connectivity index (χ1) is 23.1. The standard InChI is InChI=1S/C42H48N4O2/c1-7-41(8-2)35-23-19-31(43-35)39(5,27-11-15-29(47)16-12-27)33-21-25-37(45-33)42(9-3,10-4)38-26-22-34(46-38)40(6,32-20-24-36(41)44-32)28-13-17-30(48)18-14-28/h11-26,43-48H,7-10H2,1-6H3. The van der Waals surface area contributed by atoms with Crippen molar-refractivity contribution in [1.82, 2.24) is 19.9 Å². The Morgan fingerprint density at radius 3 is 0.833 bits per heavy atom. The topological polar surface area (TPSA) is 104 Å². The number of benzene rings is 2. The van der Waals surface area contributed by atoms with E-state index in [1.54, 1.807) is 24.3 Å². The van der Waals surface area contributed by atoms with E-state index in [0.29, 0.717) is 0 Å². The molecule has 8 bridgehead atoms. The minimum absolute atomic E-state index is 0.256. The van der Waals surface area contributed by atoms with Crippen LogP contribution in [0.2, 0.25) is 0 Å². The molecule has 0 aliphatic carbocycles. The summed E-state index contributed by atoms with van der Waals surface area (Å²) in [6, 6.07) is 33.3. The van der Waals surface area contributed by atoms with E-state index >= 15 is 0 Å². The van der Waals surface area contributed by atoms with E-state index in [1.807, 2.05) is 24.3 Å². The minimum atomic E-state index is -0.541. The number of aromatic nitrogens is 4. The van der Waals surface area contributed by atoms with Crippen LogP contribution in [0.4, 0.5) is 0 Å². The van der Waals surface area contributed by atoms with Crippen molar-refractivity contribution in [1.29, 1.82) is 0 Å². The maximum atomic E-state index is 10.2. The molecule has 1 aliphatic heterocycles. The highest BCUT2D eigenvalue weighted by Crippen LogP contribution is 2.47. The normalized spacial score (nSPS) is 21.3. The van der Waals surface area contributed by atoms with Crippen molar-refractivity contribution < 1.29 is 10.2 Å². The highest BCUT2D eigenvalue weighted by atomic mass is 16.3. The van der Waals surface area contributed by atoms with Crippen molar-refractivity contribution in [3.8, 4) is 11.5 Å². The molecule has 0 unspecified atom stereocenters. The number of phenolic OH excluding ortho intramolecular Hbond substituents is 2. The van der Waals surface area contributed by atoms with Crippen molar-refractivity contribution in [2.45, 2.75) is 88.9 Å². The first kappa shape index (κ1) is 31.7. The molecule has 7 rings (SSSR count). The molecule has 0 saturated carbocycles. The minimum Gasteiger partial charge on any atom is -0.508 e. The summed E-state index contributed by atoms with van der Waals surface area (Å²) >= 11 is 0. The van der Waals surface area contributed by atoms with Crippen LogP contribution >= 0.6 is 0 Å². The van der Waals surface area contributed by atoms with Crippen LogP contribution < -0.4 is 0 Å². The van der Waals surface area contributed by atoms with E-state index in [4.69, 9.17) is 0 Å². The summed E-state index contributed by atoms with van der Waals surface area (Å²) in [6.07, 6.45) is 3.63. The Morgan fingerprint density at radius 1 is 0.375 bits per heavy atom. The second-order valence-electron chi connectivity index (χ2n) is 14.1. The third-order valence-electron chi connectivity index (χ3n) is 12.3. The molecule has 6 heteroatoms. The lowest BCUT2D eigenvalue weighted by atomic mass is 9.76. The number of aromatic amines is 4. The lowest BCUT2D eigenvalue weighted by molar-refractivity contribution is 0.445. The largest absolute Gasteiger partial charge is 0.508 e. The van der Waals surface area contributed by atoms with E-state index in [0.717, 1.165) is 59.6 Å². The van der Waals surface area contributed by atoms with E-state index < -0.39 is 10.8 Å². The third kappa shape index (κ3) is 4.38. The third-order valence-corrected chi connectivity index (χ3v) is 12.3. The Morgan fingerprint density at radius 2 is 0.604 bits per heavy atom. The van der Waals surface area contributed by atoms with Gasteiger partial charge in [-0.1, -0.05) is 52.0 Å². The van der Waals surface area contributed by atoms with Crippen LogP contribution in [-0.4, -0.2) is 30.1 Å². The van der Waals surface area contributed by atoms with Crippen molar-refractivity contribution in [3.05, 3.63) is 154 Å². The Labute approximate surface area is 283 Å². The summed E-state index contributed by atoms with van der Waals surface area (Å²) in [5.74, 6) is 0.512. The maximum absolute atomic E-state index is 10.2. The summed E-state index contributed by atoms with van der Waals surface area (Å²) < 4.78 is 0. The van der Waals surface area contributed by atoms with Gasteiger partial charge in [-0.2, -0.15) is 0 Å². The number of phenols is 2. The van der Waals surface area contributed by atoms with Gasteiger partial charge in [-0.05, 0) is 123 Å². The molecule has 0 fully saturated rings. The van der Waals surface area contributed by atoms with Gasteiger partial charge in [0.1, 0.15) is 11.5 Å². The SMILES string of the molecule is CCC1(CC)c2ccc([nH]2)C(C)(c2ccc(O)cc2)c2ccc([nH]2)C(CC)(CC)c2ccc([nH]2)C(C)(c2ccc(O)cc2)c2ccc1[nH]2. The number of rotatable bonds is 6. The molecule has 0 amide bonds. The molecule has 6 nitrogen and oxygen atoms in total. The number of hydrogen-bond acceptors (Lipinski definition) is 2. The average molecular weight is 641 g/mol. The van der Waals surface area contributed by atoms with Gasteiger partial charge < -0.3 is 30.1 Å². The molecule has 48 heavy (non-hydrogen) atoms. The zero-order chi connectivity index (χ0) is 33.9. The number of H-pyrrole nitrogens is 4. The van der Waals surface area contributed by atoms with Crippen LogP contribution in [-0.2, 0) is 21.7 Å². The van der Waals surface area contributed by atoms with E-state index in [1.165, 1.54) is 22.8 Å². The fourth-order valence-corrected chi connectivity index (χ4v) is 8.68. The van der Waals surface area contributed by atoms with Crippen LogP contribution in [0.25, 0.3) is 0 Å². The number of aromatic hydroxyl groups is 2. The quantitative estimate of drug-likeness (QED) is 0.109. The molecule has 0 saturated heterocycles. The Balaban J connectivity index is 1.55. The fourth-order valence-electron chi connectivity index (χ4n) is 8.68. The van der Waals surface area contributed by atoms with Gasteiger partial charge in [-0.15, -0.1) is 0 Å². The summed E-state index contributed by atoms with van der Waals surface area (Å²) in [4.78, 5) is 15.8. The Kier molecular flexibility index (Phi) is 7.54. The monoisotopic (exact) mass is 640 g/mol. The number of nitrogens with one attached hydrogen (secondary N) is 4. The molecule has 6 N–H and O–H groups in total. The lowest BCUT2D eigenvalue weighted by Crippen LogP contribution is -2.32. The summed E-state index contributed by atoms with van der Waals surface area (Å²) in [7, 11) is 0.